The number of nitrogens with one attached hydrogen (secondary N) is 1. The largest absolute Gasteiger partial charge is 0.350 e. The molecule has 1 atom stereocenters. The predicted octanol–water partition coefficient (Wildman–Crippen LogP) is 3.46. The minimum atomic E-state index is 0.596. The molecule has 0 aliphatic carbocycles. The molecule has 2 heteroatoms. The summed E-state index contributed by atoms with van der Waals surface area (Å²) in [4.78, 5) is 0. The van der Waals surface area contributed by atoms with Gasteiger partial charge in [-0.3, -0.25) is 0 Å². The van der Waals surface area contributed by atoms with E-state index < -0.39 is 0 Å². The summed E-state index contributed by atoms with van der Waals surface area (Å²) in [5.74, 6) is 0. The first-order chi connectivity index (χ1) is 8.22. The van der Waals surface area contributed by atoms with Crippen molar-refractivity contribution in [3.63, 3.8) is 0 Å². The van der Waals surface area contributed by atoms with E-state index in [1.54, 1.807) is 0 Å². The number of aryl methyl sites for hydroxylation is 1. The Morgan fingerprint density at radius 2 is 2.06 bits per heavy atom. The number of hydrogen-bond donors (Lipinski definition) is 1. The third-order valence-electron chi connectivity index (χ3n) is 3.34. The molecule has 0 fully saturated rings. The molecule has 0 aliphatic rings. The number of nitrogens with zero attached hydrogens (tertiary/aromatic N) is 1. The second kappa shape index (κ2) is 5.37. The molecular formula is C15H22N2. The number of para-hydroxylation sites is 1. The van der Waals surface area contributed by atoms with Crippen molar-refractivity contribution < 1.29 is 0 Å². The predicted molar refractivity (Wildman–Crippen MR) is 74.1 cm³/mol. The lowest BCUT2D eigenvalue weighted by Crippen LogP contribution is -2.24. The summed E-state index contributed by atoms with van der Waals surface area (Å²) in [6, 6.07) is 9.19. The van der Waals surface area contributed by atoms with Crippen molar-refractivity contribution in [2.75, 3.05) is 0 Å². The van der Waals surface area contributed by atoms with Gasteiger partial charge in [0.05, 0.1) is 0 Å². The molecule has 2 nitrogen and oxygen atoms in total. The summed E-state index contributed by atoms with van der Waals surface area (Å²) < 4.78 is 2.21. The summed E-state index contributed by atoms with van der Waals surface area (Å²) in [5, 5.41) is 4.96. The van der Waals surface area contributed by atoms with Crippen LogP contribution in [-0.2, 0) is 13.6 Å². The fourth-order valence-electron chi connectivity index (χ4n) is 2.39. The van der Waals surface area contributed by atoms with Crippen molar-refractivity contribution in [3.05, 3.63) is 36.0 Å². The van der Waals surface area contributed by atoms with Crippen LogP contribution in [-0.4, -0.2) is 10.6 Å². The SMILES string of the molecule is CCCC(C)NCc1cn(C)c2ccccc12. The maximum absolute atomic E-state index is 3.59. The molecule has 17 heavy (non-hydrogen) atoms. The van der Waals surface area contributed by atoms with Crippen LogP contribution in [0, 0.1) is 0 Å². The molecule has 1 aromatic heterocycles. The van der Waals surface area contributed by atoms with Crippen LogP contribution in [0.15, 0.2) is 30.5 Å². The highest BCUT2D eigenvalue weighted by Gasteiger charge is 2.06. The third kappa shape index (κ3) is 2.70. The number of rotatable bonds is 5. The Morgan fingerprint density at radius 1 is 1.29 bits per heavy atom. The summed E-state index contributed by atoms with van der Waals surface area (Å²) in [6.45, 7) is 5.45. The fourth-order valence-corrected chi connectivity index (χ4v) is 2.39. The van der Waals surface area contributed by atoms with Crippen LogP contribution in [0.1, 0.15) is 32.3 Å². The van der Waals surface area contributed by atoms with E-state index in [1.807, 2.05) is 0 Å². The highest BCUT2D eigenvalue weighted by molar-refractivity contribution is 5.83. The Bertz CT molecular complexity index is 485. The van der Waals surface area contributed by atoms with Crippen LogP contribution in [0.4, 0.5) is 0 Å². The quantitative estimate of drug-likeness (QED) is 0.832. The zero-order valence-electron chi connectivity index (χ0n) is 11.0. The van der Waals surface area contributed by atoms with Crippen molar-refractivity contribution in [1.82, 2.24) is 9.88 Å². The van der Waals surface area contributed by atoms with Gasteiger partial charge in [0, 0.05) is 36.7 Å². The molecular weight excluding hydrogens is 208 g/mol. The summed E-state index contributed by atoms with van der Waals surface area (Å²) in [6.07, 6.45) is 4.71. The van der Waals surface area contributed by atoms with Gasteiger partial charge in [-0.1, -0.05) is 31.5 Å². The Labute approximate surface area is 104 Å². The molecule has 1 heterocycles. The average molecular weight is 230 g/mol. The van der Waals surface area contributed by atoms with E-state index in [1.165, 1.54) is 29.3 Å². The number of aromatic nitrogens is 1. The minimum Gasteiger partial charge on any atom is -0.350 e. The summed E-state index contributed by atoms with van der Waals surface area (Å²) in [7, 11) is 2.11. The minimum absolute atomic E-state index is 0.596. The first-order valence-electron chi connectivity index (χ1n) is 6.48. The maximum Gasteiger partial charge on any atom is 0.0481 e. The molecule has 1 aromatic carbocycles. The van der Waals surface area contributed by atoms with Gasteiger partial charge < -0.3 is 9.88 Å². The lowest BCUT2D eigenvalue weighted by molar-refractivity contribution is 0.509. The first-order valence-corrected chi connectivity index (χ1v) is 6.48. The monoisotopic (exact) mass is 230 g/mol. The fraction of sp³-hybridized carbons (Fsp3) is 0.467. The van der Waals surface area contributed by atoms with Gasteiger partial charge in [0.1, 0.15) is 0 Å². The zero-order chi connectivity index (χ0) is 12.3. The molecule has 2 rings (SSSR count). The van der Waals surface area contributed by atoms with Gasteiger partial charge >= 0.3 is 0 Å². The van der Waals surface area contributed by atoms with E-state index in [0.717, 1.165) is 6.54 Å². The van der Waals surface area contributed by atoms with Crippen molar-refractivity contribution in [3.8, 4) is 0 Å². The van der Waals surface area contributed by atoms with Gasteiger partial charge in [-0.2, -0.15) is 0 Å². The van der Waals surface area contributed by atoms with E-state index in [-0.39, 0.29) is 0 Å². The van der Waals surface area contributed by atoms with Gasteiger partial charge in [0.15, 0.2) is 0 Å². The molecule has 0 aliphatic heterocycles. The third-order valence-corrected chi connectivity index (χ3v) is 3.34. The van der Waals surface area contributed by atoms with Crippen LogP contribution in [0.2, 0.25) is 0 Å². The molecule has 0 saturated carbocycles. The second-order valence-electron chi connectivity index (χ2n) is 4.85. The highest BCUT2D eigenvalue weighted by atomic mass is 14.9. The standard InChI is InChI=1S/C15H22N2/c1-4-7-12(2)16-10-13-11-17(3)15-9-6-5-8-14(13)15/h5-6,8-9,11-12,16H,4,7,10H2,1-3H3. The Hall–Kier alpha value is -1.28. The van der Waals surface area contributed by atoms with Crippen molar-refractivity contribution in [2.45, 2.75) is 39.3 Å². The normalized spacial score (nSPS) is 13.1. The number of fused-ring (bicyclic) bond motifs is 1. The molecule has 0 spiro atoms. The zero-order valence-corrected chi connectivity index (χ0v) is 11.0. The topological polar surface area (TPSA) is 17.0 Å². The lowest BCUT2D eigenvalue weighted by atomic mass is 10.1. The van der Waals surface area contributed by atoms with Crippen LogP contribution in [0.25, 0.3) is 10.9 Å². The molecule has 0 bridgehead atoms. The molecule has 0 saturated heterocycles. The second-order valence-corrected chi connectivity index (χ2v) is 4.85. The van der Waals surface area contributed by atoms with Crippen LogP contribution in [0.5, 0.6) is 0 Å². The number of benzene rings is 1. The maximum atomic E-state index is 3.59. The molecule has 2 aromatic rings. The van der Waals surface area contributed by atoms with E-state index in [4.69, 9.17) is 0 Å². The van der Waals surface area contributed by atoms with E-state index in [9.17, 15) is 0 Å². The van der Waals surface area contributed by atoms with Crippen LogP contribution < -0.4 is 5.32 Å². The van der Waals surface area contributed by atoms with Crippen molar-refractivity contribution in [2.24, 2.45) is 7.05 Å². The molecule has 0 amide bonds. The van der Waals surface area contributed by atoms with Gasteiger partial charge in [0.2, 0.25) is 0 Å². The smallest absolute Gasteiger partial charge is 0.0481 e. The highest BCUT2D eigenvalue weighted by Crippen LogP contribution is 2.20. The number of hydrogen-bond acceptors (Lipinski definition) is 1. The van der Waals surface area contributed by atoms with E-state index in [2.05, 4.69) is 61.2 Å². The molecule has 92 valence electrons. The summed E-state index contributed by atoms with van der Waals surface area (Å²) >= 11 is 0. The van der Waals surface area contributed by atoms with E-state index in [0.29, 0.717) is 6.04 Å². The Kier molecular flexibility index (Phi) is 3.85. The summed E-state index contributed by atoms with van der Waals surface area (Å²) in [5.41, 5.74) is 2.71. The van der Waals surface area contributed by atoms with Gasteiger partial charge in [-0.25, -0.2) is 0 Å². The Morgan fingerprint density at radius 3 is 2.82 bits per heavy atom. The van der Waals surface area contributed by atoms with E-state index >= 15 is 0 Å². The first kappa shape index (κ1) is 12.2. The molecule has 0 radical (unpaired) electrons. The molecule has 1 N–H and O–H groups in total. The lowest BCUT2D eigenvalue weighted by Gasteiger charge is -2.11. The van der Waals surface area contributed by atoms with Gasteiger partial charge in [0.25, 0.3) is 0 Å². The van der Waals surface area contributed by atoms with Crippen molar-refractivity contribution in [1.29, 1.82) is 0 Å². The molecule has 1 unspecified atom stereocenters. The van der Waals surface area contributed by atoms with Crippen molar-refractivity contribution >= 4 is 10.9 Å². The average Bonchev–Trinajstić information content (AvgIpc) is 2.65. The Balaban J connectivity index is 2.13. The van der Waals surface area contributed by atoms with Gasteiger partial charge in [-0.05, 0) is 25.0 Å². The van der Waals surface area contributed by atoms with Crippen LogP contribution in [0.3, 0.4) is 0 Å². The van der Waals surface area contributed by atoms with Crippen LogP contribution >= 0.6 is 0 Å². The van der Waals surface area contributed by atoms with Gasteiger partial charge in [-0.15, -0.1) is 0 Å².